The summed E-state index contributed by atoms with van der Waals surface area (Å²) >= 11 is 0. The first kappa shape index (κ1) is 10.6. The van der Waals surface area contributed by atoms with Crippen LogP contribution in [0.5, 0.6) is 0 Å². The lowest BCUT2D eigenvalue weighted by atomic mass is 10.5. The molecular weight excluding hydrogens is 166 g/mol. The van der Waals surface area contributed by atoms with Crippen molar-refractivity contribution in [1.82, 2.24) is 5.06 Å². The molecule has 0 aliphatic heterocycles. The molecule has 0 aromatic carbocycles. The van der Waals surface area contributed by atoms with Crippen LogP contribution in [-0.4, -0.2) is 32.0 Å². The molecule has 0 aliphatic rings. The number of hydrogen-bond acceptors (Lipinski definition) is 3. The minimum atomic E-state index is -1.57. The van der Waals surface area contributed by atoms with E-state index in [1.807, 2.05) is 6.92 Å². The van der Waals surface area contributed by atoms with Crippen molar-refractivity contribution in [1.29, 1.82) is 0 Å². The average molecular weight is 179 g/mol. The maximum Gasteiger partial charge on any atom is 0.335 e. The summed E-state index contributed by atoms with van der Waals surface area (Å²) in [5, 5.41) is 8.72. The molecule has 1 N–H and O–H groups in total. The maximum atomic E-state index is 10.8. The van der Waals surface area contributed by atoms with E-state index in [1.165, 1.54) is 0 Å². The van der Waals surface area contributed by atoms with Crippen molar-refractivity contribution in [2.24, 2.45) is 0 Å². The van der Waals surface area contributed by atoms with Crippen molar-refractivity contribution in [3.05, 3.63) is 0 Å². The summed E-state index contributed by atoms with van der Waals surface area (Å²) in [4.78, 5) is 10.8. The van der Waals surface area contributed by atoms with Crippen LogP contribution in [0.25, 0.3) is 0 Å². The van der Waals surface area contributed by atoms with Crippen molar-refractivity contribution in [3.8, 4) is 0 Å². The van der Waals surface area contributed by atoms with E-state index in [2.05, 4.69) is 0 Å². The third-order valence-corrected chi connectivity index (χ3v) is 2.23. The second-order valence-corrected chi connectivity index (χ2v) is 3.64. The number of hydrogen-bond donors (Lipinski definition) is 1. The predicted molar refractivity (Wildman–Crippen MR) is 42.9 cm³/mol. The highest BCUT2D eigenvalue weighted by molar-refractivity contribution is 8.00. The molecule has 0 saturated heterocycles. The zero-order valence-corrected chi connectivity index (χ0v) is 7.56. The Labute approximate surface area is 68.6 Å². The lowest BCUT2D eigenvalue weighted by Gasteiger charge is -2.11. The van der Waals surface area contributed by atoms with Crippen LogP contribution < -0.4 is 0 Å². The van der Waals surface area contributed by atoms with E-state index in [0.717, 1.165) is 0 Å². The number of carbonyl (C=O) groups excluding carboxylic acids is 1. The van der Waals surface area contributed by atoms with E-state index < -0.39 is 16.0 Å². The third-order valence-electron chi connectivity index (χ3n) is 1.10. The van der Waals surface area contributed by atoms with Gasteiger partial charge in [-0.2, -0.15) is 0 Å². The third kappa shape index (κ3) is 3.48. The quantitative estimate of drug-likeness (QED) is 0.519. The standard InChI is InChI=1S/C6H13NO3S/c1-3-5-7(9)6(8)11(10)4-2/h9H,3-5H2,1-2H3. The van der Waals surface area contributed by atoms with Crippen LogP contribution in [0.3, 0.4) is 0 Å². The van der Waals surface area contributed by atoms with Crippen LogP contribution in [0.15, 0.2) is 0 Å². The Morgan fingerprint density at radius 2 is 2.09 bits per heavy atom. The Kier molecular flexibility index (Phi) is 5.06. The lowest BCUT2D eigenvalue weighted by molar-refractivity contribution is -0.0314. The van der Waals surface area contributed by atoms with E-state index >= 15 is 0 Å². The van der Waals surface area contributed by atoms with Crippen molar-refractivity contribution in [3.63, 3.8) is 0 Å². The Morgan fingerprint density at radius 1 is 1.55 bits per heavy atom. The van der Waals surface area contributed by atoms with Gasteiger partial charge in [-0.1, -0.05) is 13.8 Å². The molecule has 0 aliphatic carbocycles. The molecule has 0 heterocycles. The van der Waals surface area contributed by atoms with Gasteiger partial charge in [0.1, 0.15) is 10.8 Å². The Morgan fingerprint density at radius 3 is 2.45 bits per heavy atom. The average Bonchev–Trinajstić information content (AvgIpc) is 2.02. The largest absolute Gasteiger partial charge is 0.335 e. The van der Waals surface area contributed by atoms with Crippen LogP contribution in [0.4, 0.5) is 4.79 Å². The van der Waals surface area contributed by atoms with Gasteiger partial charge in [-0.15, -0.1) is 0 Å². The summed E-state index contributed by atoms with van der Waals surface area (Å²) in [5.74, 6) is 0.250. The highest BCUT2D eigenvalue weighted by Crippen LogP contribution is 1.94. The molecule has 11 heavy (non-hydrogen) atoms. The summed E-state index contributed by atoms with van der Waals surface area (Å²) in [6.45, 7) is 3.70. The molecule has 0 saturated carbocycles. The molecule has 0 spiro atoms. The first-order valence-corrected chi connectivity index (χ1v) is 4.84. The number of carbonyl (C=O) groups is 1. The van der Waals surface area contributed by atoms with Gasteiger partial charge in [0, 0.05) is 12.3 Å². The zero-order valence-electron chi connectivity index (χ0n) is 6.74. The minimum Gasteiger partial charge on any atom is -0.285 e. The molecule has 0 bridgehead atoms. The molecule has 1 atom stereocenters. The predicted octanol–water partition coefficient (Wildman–Crippen LogP) is 0.976. The molecule has 66 valence electrons. The Bertz CT molecular complexity index is 160. The maximum absolute atomic E-state index is 10.8. The Hall–Kier alpha value is -0.420. The van der Waals surface area contributed by atoms with E-state index in [-0.39, 0.29) is 12.3 Å². The molecular formula is C6H13NO3S. The molecule has 0 aromatic rings. The van der Waals surface area contributed by atoms with Crippen LogP contribution >= 0.6 is 0 Å². The zero-order chi connectivity index (χ0) is 8.85. The Balaban J connectivity index is 3.91. The monoisotopic (exact) mass is 179 g/mol. The molecule has 0 rings (SSSR count). The van der Waals surface area contributed by atoms with Gasteiger partial charge in [0.2, 0.25) is 0 Å². The molecule has 1 unspecified atom stereocenters. The van der Waals surface area contributed by atoms with Crippen LogP contribution in [0.1, 0.15) is 20.3 Å². The summed E-state index contributed by atoms with van der Waals surface area (Å²) in [5.41, 5.74) is 0. The fraction of sp³-hybridized carbons (Fsp3) is 0.833. The smallest absolute Gasteiger partial charge is 0.285 e. The van der Waals surface area contributed by atoms with Gasteiger partial charge >= 0.3 is 5.24 Å². The van der Waals surface area contributed by atoms with Gasteiger partial charge in [0.15, 0.2) is 0 Å². The van der Waals surface area contributed by atoms with Gasteiger partial charge in [0.05, 0.1) is 0 Å². The van der Waals surface area contributed by atoms with E-state index in [4.69, 9.17) is 5.21 Å². The molecule has 0 fully saturated rings. The molecule has 1 amide bonds. The normalized spacial score (nSPS) is 12.6. The van der Waals surface area contributed by atoms with Gasteiger partial charge in [-0.3, -0.25) is 10.0 Å². The summed E-state index contributed by atoms with van der Waals surface area (Å²) < 4.78 is 10.8. The topological polar surface area (TPSA) is 57.6 Å². The number of amides is 1. The molecule has 0 aromatic heterocycles. The summed E-state index contributed by atoms with van der Waals surface area (Å²) in [7, 11) is -1.57. The van der Waals surface area contributed by atoms with Gasteiger partial charge < -0.3 is 0 Å². The van der Waals surface area contributed by atoms with Crippen molar-refractivity contribution < 1.29 is 14.2 Å². The van der Waals surface area contributed by atoms with E-state index in [0.29, 0.717) is 11.5 Å². The van der Waals surface area contributed by atoms with E-state index in [1.54, 1.807) is 6.92 Å². The van der Waals surface area contributed by atoms with Crippen LogP contribution in [-0.2, 0) is 10.8 Å². The number of rotatable bonds is 3. The first-order chi connectivity index (χ1) is 5.13. The second kappa shape index (κ2) is 5.26. The van der Waals surface area contributed by atoms with Crippen LogP contribution in [0.2, 0.25) is 0 Å². The fourth-order valence-corrected chi connectivity index (χ4v) is 1.12. The molecule has 4 nitrogen and oxygen atoms in total. The highest BCUT2D eigenvalue weighted by Gasteiger charge is 2.15. The summed E-state index contributed by atoms with van der Waals surface area (Å²) in [6, 6.07) is 0. The van der Waals surface area contributed by atoms with Crippen molar-refractivity contribution in [2.75, 3.05) is 12.3 Å². The van der Waals surface area contributed by atoms with E-state index in [9.17, 15) is 9.00 Å². The van der Waals surface area contributed by atoms with Crippen molar-refractivity contribution >= 4 is 16.0 Å². The number of hydroxylamine groups is 2. The summed E-state index contributed by atoms with van der Waals surface area (Å²) in [6.07, 6.45) is 0.656. The van der Waals surface area contributed by atoms with Gasteiger partial charge in [-0.25, -0.2) is 9.27 Å². The molecule has 0 radical (unpaired) electrons. The highest BCUT2D eigenvalue weighted by atomic mass is 32.2. The van der Waals surface area contributed by atoms with Crippen LogP contribution in [0, 0.1) is 0 Å². The lowest BCUT2D eigenvalue weighted by Crippen LogP contribution is -2.30. The van der Waals surface area contributed by atoms with Gasteiger partial charge in [-0.05, 0) is 6.42 Å². The number of nitrogens with zero attached hydrogens (tertiary/aromatic N) is 1. The van der Waals surface area contributed by atoms with Crippen molar-refractivity contribution in [2.45, 2.75) is 20.3 Å². The van der Waals surface area contributed by atoms with Gasteiger partial charge in [0.25, 0.3) is 0 Å². The SMILES string of the molecule is CCCN(O)C(=O)S(=O)CC. The second-order valence-electron chi connectivity index (χ2n) is 2.02. The first-order valence-electron chi connectivity index (χ1n) is 3.52. The minimum absolute atomic E-state index is 0.241. The fourth-order valence-electron chi connectivity index (χ4n) is 0.544. The molecule has 5 heteroatoms.